The number of hydrogen-bond acceptors (Lipinski definition) is 5. The monoisotopic (exact) mass is 390 g/mol. The molecule has 1 aliphatic rings. The Kier molecular flexibility index (Phi) is 7.05. The Hall–Kier alpha value is -2.57. The number of phenolic OH excluding ortho intramolecular Hbond substituents is 1. The van der Waals surface area contributed by atoms with Gasteiger partial charge in [-0.3, -0.25) is 9.59 Å². The van der Waals surface area contributed by atoms with Crippen molar-refractivity contribution < 1.29 is 24.2 Å². The average Bonchev–Trinajstić information content (AvgIpc) is 2.65. The number of phenols is 1. The zero-order valence-electron chi connectivity index (χ0n) is 17.0. The van der Waals surface area contributed by atoms with Crippen molar-refractivity contribution in [3.05, 3.63) is 28.8 Å². The minimum atomic E-state index is -0.761. The second-order valence-electron chi connectivity index (χ2n) is 7.89. The second kappa shape index (κ2) is 9.08. The third-order valence-electron chi connectivity index (χ3n) is 5.15. The molecule has 7 heteroatoms. The Morgan fingerprint density at radius 2 is 1.86 bits per heavy atom. The van der Waals surface area contributed by atoms with Gasteiger partial charge in [-0.05, 0) is 48.3 Å². The lowest BCUT2D eigenvalue weighted by Crippen LogP contribution is -2.51. The van der Waals surface area contributed by atoms with Crippen LogP contribution in [0, 0.1) is 0 Å². The van der Waals surface area contributed by atoms with Gasteiger partial charge in [0.25, 0.3) is 5.91 Å². The highest BCUT2D eigenvalue weighted by Gasteiger charge is 2.31. The van der Waals surface area contributed by atoms with Crippen LogP contribution in [0.25, 0.3) is 0 Å². The third kappa shape index (κ3) is 4.82. The van der Waals surface area contributed by atoms with E-state index in [1.54, 1.807) is 6.07 Å². The van der Waals surface area contributed by atoms with Crippen LogP contribution < -0.4 is 5.73 Å². The van der Waals surface area contributed by atoms with Crippen LogP contribution in [-0.4, -0.2) is 47.0 Å². The molecule has 1 heterocycles. The van der Waals surface area contributed by atoms with E-state index < -0.39 is 30.4 Å². The highest BCUT2D eigenvalue weighted by molar-refractivity contribution is 5.95. The summed E-state index contributed by atoms with van der Waals surface area (Å²) in [5.74, 6) is -1.70. The first-order valence-electron chi connectivity index (χ1n) is 9.76. The van der Waals surface area contributed by atoms with Gasteiger partial charge < -0.3 is 20.5 Å². The maximum Gasteiger partial charge on any atom is 0.342 e. The van der Waals surface area contributed by atoms with Gasteiger partial charge in [0.2, 0.25) is 5.91 Å². The number of benzene rings is 1. The molecule has 0 unspecified atom stereocenters. The van der Waals surface area contributed by atoms with E-state index in [1.807, 2.05) is 33.8 Å². The van der Waals surface area contributed by atoms with Crippen LogP contribution in [0.2, 0.25) is 0 Å². The number of esters is 1. The van der Waals surface area contributed by atoms with E-state index >= 15 is 0 Å². The van der Waals surface area contributed by atoms with E-state index in [0.717, 1.165) is 18.4 Å². The van der Waals surface area contributed by atoms with Crippen molar-refractivity contribution >= 4 is 17.8 Å². The van der Waals surface area contributed by atoms with E-state index in [4.69, 9.17) is 10.5 Å². The number of likely N-dealkylation sites (tertiary alicyclic amines) is 1. The smallest absolute Gasteiger partial charge is 0.342 e. The molecule has 0 aromatic heterocycles. The van der Waals surface area contributed by atoms with E-state index in [2.05, 4.69) is 0 Å². The maximum absolute atomic E-state index is 12.6. The number of amides is 2. The molecule has 0 radical (unpaired) electrons. The van der Waals surface area contributed by atoms with Crippen molar-refractivity contribution in [2.75, 3.05) is 13.2 Å². The molecule has 1 aromatic rings. The lowest BCUT2D eigenvalue weighted by Gasteiger charge is -2.33. The molecule has 2 amide bonds. The molecule has 28 heavy (non-hydrogen) atoms. The largest absolute Gasteiger partial charge is 0.507 e. The average molecular weight is 390 g/mol. The molecule has 1 atom stereocenters. The van der Waals surface area contributed by atoms with Gasteiger partial charge in [0.05, 0.1) is 0 Å². The Balaban J connectivity index is 2.16. The quantitative estimate of drug-likeness (QED) is 0.726. The number of nitrogens with zero attached hydrogens (tertiary/aromatic N) is 1. The molecular formula is C21H30N2O5. The number of ether oxygens (including phenoxy) is 1. The number of carbonyl (C=O) groups excluding carboxylic acids is 3. The molecule has 154 valence electrons. The zero-order chi connectivity index (χ0) is 21.0. The molecular weight excluding hydrogens is 360 g/mol. The van der Waals surface area contributed by atoms with E-state index in [0.29, 0.717) is 18.5 Å². The first-order chi connectivity index (χ1) is 13.1. The van der Waals surface area contributed by atoms with Crippen LogP contribution in [0.4, 0.5) is 0 Å². The lowest BCUT2D eigenvalue weighted by atomic mass is 9.92. The molecule has 1 saturated heterocycles. The molecule has 0 spiro atoms. The standard InChI is InChI=1S/C21H30N2O5/c1-12(2)14-9-15(13(3)4)19(25)16(10-14)21(27)28-11-18(24)23-8-6-5-7-17(23)20(22)26/h9-10,12-13,17,25H,5-8,11H2,1-4H3,(H2,22,26)/t17-/m0/s1. The highest BCUT2D eigenvalue weighted by Crippen LogP contribution is 2.33. The van der Waals surface area contributed by atoms with Crippen molar-refractivity contribution in [2.45, 2.75) is 64.8 Å². The predicted octanol–water partition coefficient (Wildman–Crippen LogP) is 2.66. The summed E-state index contributed by atoms with van der Waals surface area (Å²) in [7, 11) is 0. The summed E-state index contributed by atoms with van der Waals surface area (Å²) in [6.45, 7) is 7.77. The van der Waals surface area contributed by atoms with E-state index in [1.165, 1.54) is 4.90 Å². The first-order valence-corrected chi connectivity index (χ1v) is 9.76. The summed E-state index contributed by atoms with van der Waals surface area (Å²) in [4.78, 5) is 38.0. The van der Waals surface area contributed by atoms with Gasteiger partial charge in [0, 0.05) is 6.54 Å². The maximum atomic E-state index is 12.6. The predicted molar refractivity (Wildman–Crippen MR) is 105 cm³/mol. The van der Waals surface area contributed by atoms with Crippen molar-refractivity contribution in [1.82, 2.24) is 4.90 Å². The molecule has 0 bridgehead atoms. The minimum Gasteiger partial charge on any atom is -0.507 e. The van der Waals surface area contributed by atoms with Crippen molar-refractivity contribution in [2.24, 2.45) is 5.73 Å². The summed E-state index contributed by atoms with van der Waals surface area (Å²) in [6.07, 6.45) is 2.12. The number of hydrogen-bond donors (Lipinski definition) is 2. The number of aromatic hydroxyl groups is 1. The van der Waals surface area contributed by atoms with Crippen molar-refractivity contribution in [3.63, 3.8) is 0 Å². The summed E-state index contributed by atoms with van der Waals surface area (Å²) < 4.78 is 5.18. The van der Waals surface area contributed by atoms with Crippen molar-refractivity contribution in [1.29, 1.82) is 0 Å². The Morgan fingerprint density at radius 3 is 2.43 bits per heavy atom. The molecule has 2 rings (SSSR count). The summed E-state index contributed by atoms with van der Waals surface area (Å²) in [5, 5.41) is 10.5. The summed E-state index contributed by atoms with van der Waals surface area (Å²) in [6, 6.07) is 2.83. The fraction of sp³-hybridized carbons (Fsp3) is 0.571. The molecule has 3 N–H and O–H groups in total. The van der Waals surface area contributed by atoms with Gasteiger partial charge in [-0.2, -0.15) is 0 Å². The van der Waals surface area contributed by atoms with Crippen LogP contribution in [-0.2, 0) is 14.3 Å². The molecule has 7 nitrogen and oxygen atoms in total. The van der Waals surface area contributed by atoms with E-state index in [-0.39, 0.29) is 23.1 Å². The van der Waals surface area contributed by atoms with Gasteiger partial charge in [-0.25, -0.2) is 4.79 Å². The molecule has 1 aliphatic heterocycles. The van der Waals surface area contributed by atoms with Crippen LogP contribution in [0.3, 0.4) is 0 Å². The minimum absolute atomic E-state index is 0.0246. The second-order valence-corrected chi connectivity index (χ2v) is 7.89. The van der Waals surface area contributed by atoms with Crippen molar-refractivity contribution in [3.8, 4) is 5.75 Å². The Bertz CT molecular complexity index is 757. The number of carbonyl (C=O) groups is 3. The molecule has 1 aromatic carbocycles. The van der Waals surface area contributed by atoms with Crippen LogP contribution in [0.5, 0.6) is 5.75 Å². The Morgan fingerprint density at radius 1 is 1.18 bits per heavy atom. The van der Waals surface area contributed by atoms with Gasteiger partial charge in [-0.15, -0.1) is 0 Å². The normalized spacial score (nSPS) is 17.1. The highest BCUT2D eigenvalue weighted by atomic mass is 16.5. The van der Waals surface area contributed by atoms with Gasteiger partial charge in [-0.1, -0.05) is 33.8 Å². The van der Waals surface area contributed by atoms with E-state index in [9.17, 15) is 19.5 Å². The van der Waals surface area contributed by atoms with Gasteiger partial charge >= 0.3 is 5.97 Å². The summed E-state index contributed by atoms with van der Waals surface area (Å²) in [5.41, 5.74) is 7.00. The SMILES string of the molecule is CC(C)c1cc(C(=O)OCC(=O)N2CCCC[C@H]2C(N)=O)c(O)c(C(C)C)c1. The molecule has 1 fully saturated rings. The zero-order valence-corrected chi connectivity index (χ0v) is 17.0. The fourth-order valence-electron chi connectivity index (χ4n) is 3.42. The summed E-state index contributed by atoms with van der Waals surface area (Å²) >= 11 is 0. The first kappa shape index (κ1) is 21.7. The van der Waals surface area contributed by atoms with Gasteiger partial charge in [0.1, 0.15) is 17.4 Å². The topological polar surface area (TPSA) is 110 Å². The fourth-order valence-corrected chi connectivity index (χ4v) is 3.42. The Labute approximate surface area is 165 Å². The van der Waals surface area contributed by atoms with Crippen LogP contribution in [0.1, 0.15) is 80.3 Å². The van der Waals surface area contributed by atoms with Gasteiger partial charge in [0.15, 0.2) is 6.61 Å². The molecule has 0 aliphatic carbocycles. The van der Waals surface area contributed by atoms with Crippen LogP contribution in [0.15, 0.2) is 12.1 Å². The van der Waals surface area contributed by atoms with Crippen LogP contribution >= 0.6 is 0 Å². The number of primary amides is 1. The molecule has 0 saturated carbocycles. The number of rotatable bonds is 6. The third-order valence-corrected chi connectivity index (χ3v) is 5.15. The number of piperidine rings is 1. The lowest BCUT2D eigenvalue weighted by molar-refractivity contribution is -0.143. The number of nitrogens with two attached hydrogens (primary N) is 1.